The Labute approximate surface area is 153 Å². The molecule has 0 aromatic heterocycles. The zero-order valence-electron chi connectivity index (χ0n) is 17.0. The Morgan fingerprint density at radius 2 is 1.80 bits per heavy atom. The Morgan fingerprint density at radius 1 is 1.20 bits per heavy atom. The topological polar surface area (TPSA) is 47.6 Å². The van der Waals surface area contributed by atoms with Crippen molar-refractivity contribution in [1.29, 1.82) is 0 Å². The third kappa shape index (κ3) is 6.03. The standard InChI is InChI=1S/C21H35NO3/c1-8-10-11-12-21(6,24-7)20(23)22-18-13-15(3)19(16(4)14-18)25-17(5)9-2/h13-14,17H,8-12H2,1-7H3,(H,22,23)/t17-,21-/m1/s1. The fourth-order valence-corrected chi connectivity index (χ4v) is 2.78. The number of rotatable bonds is 10. The summed E-state index contributed by atoms with van der Waals surface area (Å²) < 4.78 is 11.5. The summed E-state index contributed by atoms with van der Waals surface area (Å²) in [7, 11) is 1.60. The van der Waals surface area contributed by atoms with E-state index in [2.05, 4.69) is 26.1 Å². The van der Waals surface area contributed by atoms with Gasteiger partial charge in [0.1, 0.15) is 11.4 Å². The maximum atomic E-state index is 12.7. The van der Waals surface area contributed by atoms with Crippen LogP contribution in [0.25, 0.3) is 0 Å². The van der Waals surface area contributed by atoms with E-state index in [0.717, 1.165) is 54.7 Å². The molecule has 4 heteroatoms. The second-order valence-electron chi connectivity index (χ2n) is 7.12. The van der Waals surface area contributed by atoms with Gasteiger partial charge in [0.15, 0.2) is 0 Å². The van der Waals surface area contributed by atoms with Crippen molar-refractivity contribution in [3.63, 3.8) is 0 Å². The first kappa shape index (κ1) is 21.5. The quantitative estimate of drug-likeness (QED) is 0.575. The molecule has 2 atom stereocenters. The van der Waals surface area contributed by atoms with Crippen LogP contribution >= 0.6 is 0 Å². The number of methoxy groups -OCH3 is 1. The highest BCUT2D eigenvalue weighted by molar-refractivity contribution is 5.97. The third-order valence-corrected chi connectivity index (χ3v) is 4.80. The van der Waals surface area contributed by atoms with Crippen molar-refractivity contribution < 1.29 is 14.3 Å². The molecule has 0 heterocycles. The molecule has 0 aliphatic rings. The summed E-state index contributed by atoms with van der Waals surface area (Å²) in [6, 6.07) is 3.93. The molecule has 0 radical (unpaired) electrons. The van der Waals surface area contributed by atoms with Crippen LogP contribution in [0.3, 0.4) is 0 Å². The van der Waals surface area contributed by atoms with Gasteiger partial charge < -0.3 is 14.8 Å². The van der Waals surface area contributed by atoms with Gasteiger partial charge in [-0.3, -0.25) is 4.79 Å². The Kier molecular flexibility index (Phi) is 8.43. The van der Waals surface area contributed by atoms with Crippen LogP contribution in [-0.4, -0.2) is 24.7 Å². The minimum atomic E-state index is -0.803. The van der Waals surface area contributed by atoms with Crippen molar-refractivity contribution in [2.75, 3.05) is 12.4 Å². The van der Waals surface area contributed by atoms with Crippen LogP contribution in [0.1, 0.15) is 70.9 Å². The molecule has 0 saturated heterocycles. The maximum absolute atomic E-state index is 12.7. The molecule has 0 saturated carbocycles. The molecule has 0 bridgehead atoms. The normalized spacial score (nSPS) is 14.7. The Morgan fingerprint density at radius 3 is 2.28 bits per heavy atom. The van der Waals surface area contributed by atoms with Crippen LogP contribution in [-0.2, 0) is 9.53 Å². The minimum absolute atomic E-state index is 0.0968. The van der Waals surface area contributed by atoms with Gasteiger partial charge in [0, 0.05) is 12.8 Å². The zero-order chi connectivity index (χ0) is 19.0. The van der Waals surface area contributed by atoms with Crippen LogP contribution in [0.4, 0.5) is 5.69 Å². The molecule has 1 amide bonds. The van der Waals surface area contributed by atoms with Crippen LogP contribution in [0.15, 0.2) is 12.1 Å². The maximum Gasteiger partial charge on any atom is 0.256 e. The predicted octanol–water partition coefficient (Wildman–Crippen LogP) is 5.40. The summed E-state index contributed by atoms with van der Waals surface area (Å²) in [5.41, 5.74) is 2.04. The number of hydrogen-bond acceptors (Lipinski definition) is 3. The van der Waals surface area contributed by atoms with E-state index in [4.69, 9.17) is 9.47 Å². The van der Waals surface area contributed by atoms with E-state index in [0.29, 0.717) is 0 Å². The molecular weight excluding hydrogens is 314 g/mol. The average Bonchev–Trinajstić information content (AvgIpc) is 2.57. The van der Waals surface area contributed by atoms with Crippen molar-refractivity contribution in [3.8, 4) is 5.75 Å². The SMILES string of the molecule is CCCCC[C@@](C)(OC)C(=O)Nc1cc(C)c(O[C@H](C)CC)c(C)c1. The number of carbonyl (C=O) groups excluding carboxylic acids is 1. The summed E-state index contributed by atoms with van der Waals surface area (Å²) in [5.74, 6) is 0.810. The summed E-state index contributed by atoms with van der Waals surface area (Å²) in [6.45, 7) is 12.2. The molecule has 0 aliphatic carbocycles. The van der Waals surface area contributed by atoms with Crippen LogP contribution < -0.4 is 10.1 Å². The van der Waals surface area contributed by atoms with Gasteiger partial charge in [-0.1, -0.05) is 33.1 Å². The second kappa shape index (κ2) is 9.81. The van der Waals surface area contributed by atoms with Gasteiger partial charge in [-0.05, 0) is 63.8 Å². The van der Waals surface area contributed by atoms with Gasteiger partial charge in [0.05, 0.1) is 6.10 Å². The first-order chi connectivity index (χ1) is 11.8. The number of amides is 1. The number of hydrogen-bond donors (Lipinski definition) is 1. The third-order valence-electron chi connectivity index (χ3n) is 4.80. The number of nitrogens with one attached hydrogen (secondary N) is 1. The molecule has 25 heavy (non-hydrogen) atoms. The first-order valence-electron chi connectivity index (χ1n) is 9.41. The van der Waals surface area contributed by atoms with Crippen molar-refractivity contribution in [2.24, 2.45) is 0 Å². The van der Waals surface area contributed by atoms with Crippen molar-refractivity contribution in [3.05, 3.63) is 23.3 Å². The van der Waals surface area contributed by atoms with Crippen LogP contribution in [0, 0.1) is 13.8 Å². The second-order valence-corrected chi connectivity index (χ2v) is 7.12. The lowest BCUT2D eigenvalue weighted by Crippen LogP contribution is -2.42. The highest BCUT2D eigenvalue weighted by atomic mass is 16.5. The number of aryl methyl sites for hydroxylation is 2. The average molecular weight is 350 g/mol. The van der Waals surface area contributed by atoms with E-state index in [1.54, 1.807) is 7.11 Å². The number of ether oxygens (including phenoxy) is 2. The number of unbranched alkanes of at least 4 members (excludes halogenated alkanes) is 2. The fourth-order valence-electron chi connectivity index (χ4n) is 2.78. The minimum Gasteiger partial charge on any atom is -0.490 e. The van der Waals surface area contributed by atoms with E-state index in [1.807, 2.05) is 32.9 Å². The first-order valence-corrected chi connectivity index (χ1v) is 9.41. The molecule has 4 nitrogen and oxygen atoms in total. The largest absolute Gasteiger partial charge is 0.490 e. The van der Waals surface area contributed by atoms with E-state index < -0.39 is 5.60 Å². The lowest BCUT2D eigenvalue weighted by Gasteiger charge is -2.27. The molecule has 0 aliphatic heterocycles. The molecular formula is C21H35NO3. The Bertz CT molecular complexity index is 547. The molecule has 1 N–H and O–H groups in total. The predicted molar refractivity (Wildman–Crippen MR) is 104 cm³/mol. The monoisotopic (exact) mass is 349 g/mol. The van der Waals surface area contributed by atoms with Crippen molar-refractivity contribution in [1.82, 2.24) is 0 Å². The highest BCUT2D eigenvalue weighted by Crippen LogP contribution is 2.29. The molecule has 0 unspecified atom stereocenters. The van der Waals surface area contributed by atoms with Gasteiger partial charge in [0.25, 0.3) is 5.91 Å². The number of anilines is 1. The van der Waals surface area contributed by atoms with Gasteiger partial charge >= 0.3 is 0 Å². The van der Waals surface area contributed by atoms with Crippen molar-refractivity contribution in [2.45, 2.75) is 85.4 Å². The van der Waals surface area contributed by atoms with E-state index in [-0.39, 0.29) is 12.0 Å². The smallest absolute Gasteiger partial charge is 0.256 e. The Balaban J connectivity index is 2.89. The highest BCUT2D eigenvalue weighted by Gasteiger charge is 2.32. The molecule has 0 spiro atoms. The molecule has 1 aromatic rings. The molecule has 142 valence electrons. The van der Waals surface area contributed by atoms with E-state index in [1.165, 1.54) is 0 Å². The van der Waals surface area contributed by atoms with Gasteiger partial charge in [-0.2, -0.15) is 0 Å². The summed E-state index contributed by atoms with van der Waals surface area (Å²) in [5, 5.41) is 3.02. The summed E-state index contributed by atoms with van der Waals surface area (Å²) in [6.07, 6.45) is 5.06. The fraction of sp³-hybridized carbons (Fsp3) is 0.667. The summed E-state index contributed by atoms with van der Waals surface area (Å²) >= 11 is 0. The van der Waals surface area contributed by atoms with Crippen molar-refractivity contribution >= 4 is 11.6 Å². The van der Waals surface area contributed by atoms with Gasteiger partial charge in [-0.25, -0.2) is 0 Å². The zero-order valence-corrected chi connectivity index (χ0v) is 17.0. The van der Waals surface area contributed by atoms with E-state index >= 15 is 0 Å². The Hall–Kier alpha value is -1.55. The van der Waals surface area contributed by atoms with Gasteiger partial charge in [-0.15, -0.1) is 0 Å². The number of benzene rings is 1. The van der Waals surface area contributed by atoms with Gasteiger partial charge in [0.2, 0.25) is 0 Å². The lowest BCUT2D eigenvalue weighted by atomic mass is 9.96. The molecule has 1 aromatic carbocycles. The molecule has 0 fully saturated rings. The van der Waals surface area contributed by atoms with Crippen LogP contribution in [0.2, 0.25) is 0 Å². The number of carbonyl (C=O) groups is 1. The van der Waals surface area contributed by atoms with E-state index in [9.17, 15) is 4.79 Å². The molecule has 1 rings (SSSR count). The van der Waals surface area contributed by atoms with Crippen LogP contribution in [0.5, 0.6) is 5.75 Å². The lowest BCUT2D eigenvalue weighted by molar-refractivity contribution is -0.136. The summed E-state index contributed by atoms with van der Waals surface area (Å²) in [4.78, 5) is 12.7.